The van der Waals surface area contributed by atoms with Crippen molar-refractivity contribution in [3.8, 4) is 11.5 Å². The topological polar surface area (TPSA) is 140 Å². The molecule has 4 heterocycles. The standard InChI is InChI=1S/C28H36N4O7/c1-28(2,3)39-27(36)30-23(26(35)32-19-10-15(19)11-20(32)24(29)33)16-8-17-5-6-18(9-16)31(17)25(34)14-4-7-21-22(12-14)38-13-37-21/h4,7,12,15-20,23H,5-6,8-11,13H2,1-3H3,(H2,29,33)(H,30,36)/t15-,16?,17?,18?,19-,20-,23-/m0/s1. The zero-order chi connectivity index (χ0) is 27.6. The molecule has 1 aliphatic carbocycles. The van der Waals surface area contributed by atoms with E-state index in [-0.39, 0.29) is 48.6 Å². The van der Waals surface area contributed by atoms with Crippen LogP contribution in [0.25, 0.3) is 0 Å². The van der Waals surface area contributed by atoms with Gasteiger partial charge in [-0.3, -0.25) is 14.4 Å². The Balaban J connectivity index is 1.22. The van der Waals surface area contributed by atoms with Crippen LogP contribution in [0.5, 0.6) is 11.5 Å². The summed E-state index contributed by atoms with van der Waals surface area (Å²) < 4.78 is 16.3. The summed E-state index contributed by atoms with van der Waals surface area (Å²) in [5.74, 6) is 0.377. The number of nitrogens with zero attached hydrogens (tertiary/aromatic N) is 2. The second kappa shape index (κ2) is 9.31. The van der Waals surface area contributed by atoms with Crippen molar-refractivity contribution in [2.45, 2.75) is 95.1 Å². The molecule has 210 valence electrons. The van der Waals surface area contributed by atoms with Gasteiger partial charge in [0, 0.05) is 23.7 Å². The van der Waals surface area contributed by atoms with Crippen molar-refractivity contribution in [3.05, 3.63) is 23.8 Å². The first-order valence-electron chi connectivity index (χ1n) is 13.8. The number of carbonyl (C=O) groups excluding carboxylic acids is 4. The number of piperidine rings is 2. The Morgan fingerprint density at radius 3 is 2.36 bits per heavy atom. The SMILES string of the molecule is CC(C)(C)OC(=O)N[C@H](C(=O)N1[C@H](C(N)=O)C[C@@H]2C[C@@H]21)C1CC2CCC(C1)N2C(=O)c1ccc2c(c1)OCO2. The van der Waals surface area contributed by atoms with E-state index >= 15 is 0 Å². The van der Waals surface area contributed by atoms with Crippen LogP contribution in [0.15, 0.2) is 18.2 Å². The van der Waals surface area contributed by atoms with Gasteiger partial charge in [-0.2, -0.15) is 0 Å². The van der Waals surface area contributed by atoms with E-state index in [4.69, 9.17) is 19.9 Å². The van der Waals surface area contributed by atoms with Gasteiger partial charge in [-0.1, -0.05) is 0 Å². The molecule has 0 radical (unpaired) electrons. The summed E-state index contributed by atoms with van der Waals surface area (Å²) in [4.78, 5) is 56.2. The lowest BCUT2D eigenvalue weighted by molar-refractivity contribution is -0.142. The molecule has 6 rings (SSSR count). The maximum Gasteiger partial charge on any atom is 0.408 e. The van der Waals surface area contributed by atoms with Crippen molar-refractivity contribution in [2.24, 2.45) is 17.6 Å². The molecule has 4 fully saturated rings. The number of carbonyl (C=O) groups is 4. The van der Waals surface area contributed by atoms with Gasteiger partial charge >= 0.3 is 6.09 Å². The quantitative estimate of drug-likeness (QED) is 0.583. The van der Waals surface area contributed by atoms with Gasteiger partial charge in [0.05, 0.1) is 0 Å². The van der Waals surface area contributed by atoms with Crippen LogP contribution < -0.4 is 20.5 Å². The zero-order valence-corrected chi connectivity index (χ0v) is 22.6. The Morgan fingerprint density at radius 2 is 1.69 bits per heavy atom. The van der Waals surface area contributed by atoms with Crippen molar-refractivity contribution < 1.29 is 33.4 Å². The van der Waals surface area contributed by atoms with E-state index < -0.39 is 29.7 Å². The molecule has 4 aliphatic heterocycles. The number of fused-ring (bicyclic) bond motifs is 4. The highest BCUT2D eigenvalue weighted by Crippen LogP contribution is 2.49. The van der Waals surface area contributed by atoms with E-state index in [1.54, 1.807) is 43.9 Å². The second-order valence-electron chi connectivity index (χ2n) is 12.5. The average molecular weight is 541 g/mol. The molecule has 11 nitrogen and oxygen atoms in total. The molecule has 5 aliphatic rings. The molecule has 3 saturated heterocycles. The third-order valence-electron chi connectivity index (χ3n) is 8.72. The van der Waals surface area contributed by atoms with Gasteiger partial charge in [-0.05, 0) is 89.3 Å². The molecule has 2 bridgehead atoms. The van der Waals surface area contributed by atoms with Crippen molar-refractivity contribution in [2.75, 3.05) is 6.79 Å². The Labute approximate surface area is 227 Å². The number of benzene rings is 1. The van der Waals surface area contributed by atoms with Gasteiger partial charge in [0.25, 0.3) is 5.91 Å². The van der Waals surface area contributed by atoms with Crippen molar-refractivity contribution in [1.82, 2.24) is 15.1 Å². The lowest BCUT2D eigenvalue weighted by Gasteiger charge is -2.42. The summed E-state index contributed by atoms with van der Waals surface area (Å²) >= 11 is 0. The maximum absolute atomic E-state index is 14.0. The molecule has 2 unspecified atom stereocenters. The van der Waals surface area contributed by atoms with E-state index in [0.717, 1.165) is 19.3 Å². The summed E-state index contributed by atoms with van der Waals surface area (Å²) in [5.41, 5.74) is 5.46. The summed E-state index contributed by atoms with van der Waals surface area (Å²) in [5, 5.41) is 2.85. The first-order chi connectivity index (χ1) is 18.5. The molecule has 0 aromatic heterocycles. The van der Waals surface area contributed by atoms with Crippen LogP contribution >= 0.6 is 0 Å². The fourth-order valence-corrected chi connectivity index (χ4v) is 7.01. The van der Waals surface area contributed by atoms with Crippen LogP contribution in [-0.2, 0) is 14.3 Å². The number of nitrogens with one attached hydrogen (secondary N) is 1. The van der Waals surface area contributed by atoms with Gasteiger partial charge in [-0.25, -0.2) is 4.79 Å². The van der Waals surface area contributed by atoms with Crippen molar-refractivity contribution >= 4 is 23.8 Å². The van der Waals surface area contributed by atoms with Gasteiger partial charge in [-0.15, -0.1) is 0 Å². The first kappa shape index (κ1) is 25.8. The minimum absolute atomic E-state index is 0.0117. The molecular formula is C28H36N4O7. The number of amides is 4. The van der Waals surface area contributed by atoms with Gasteiger partial charge < -0.3 is 35.1 Å². The fourth-order valence-electron chi connectivity index (χ4n) is 7.01. The molecule has 1 aromatic carbocycles. The second-order valence-corrected chi connectivity index (χ2v) is 12.5. The van der Waals surface area contributed by atoms with E-state index in [2.05, 4.69) is 5.32 Å². The smallest absolute Gasteiger partial charge is 0.408 e. The Bertz CT molecular complexity index is 1200. The highest BCUT2D eigenvalue weighted by molar-refractivity contribution is 5.96. The Morgan fingerprint density at radius 1 is 1.00 bits per heavy atom. The number of hydrogen-bond donors (Lipinski definition) is 2. The molecule has 4 amide bonds. The van der Waals surface area contributed by atoms with Gasteiger partial charge in [0.15, 0.2) is 11.5 Å². The molecule has 11 heteroatoms. The molecule has 39 heavy (non-hydrogen) atoms. The van der Waals surface area contributed by atoms with Crippen LogP contribution in [0.3, 0.4) is 0 Å². The summed E-state index contributed by atoms with van der Waals surface area (Å²) in [6.45, 7) is 5.44. The number of hydrogen-bond acceptors (Lipinski definition) is 7. The number of ether oxygens (including phenoxy) is 3. The van der Waals surface area contributed by atoms with Crippen LogP contribution in [0.2, 0.25) is 0 Å². The van der Waals surface area contributed by atoms with Gasteiger partial charge in [0.1, 0.15) is 17.7 Å². The summed E-state index contributed by atoms with van der Waals surface area (Å²) in [6.07, 6.45) is 3.51. The predicted molar refractivity (Wildman–Crippen MR) is 138 cm³/mol. The van der Waals surface area contributed by atoms with E-state index in [0.29, 0.717) is 36.3 Å². The Hall–Kier alpha value is -3.50. The molecule has 3 N–H and O–H groups in total. The number of likely N-dealkylation sites (tertiary alicyclic amines) is 1. The average Bonchev–Trinajstić information content (AvgIpc) is 3.18. The molecule has 1 aromatic rings. The lowest BCUT2D eigenvalue weighted by Crippen LogP contribution is -2.59. The van der Waals surface area contributed by atoms with Crippen LogP contribution in [0.4, 0.5) is 4.79 Å². The third-order valence-corrected chi connectivity index (χ3v) is 8.72. The summed E-state index contributed by atoms with van der Waals surface area (Å²) in [7, 11) is 0. The van der Waals surface area contributed by atoms with E-state index in [9.17, 15) is 19.2 Å². The van der Waals surface area contributed by atoms with Crippen LogP contribution in [0, 0.1) is 11.8 Å². The van der Waals surface area contributed by atoms with E-state index in [1.165, 1.54) is 0 Å². The maximum atomic E-state index is 14.0. The first-order valence-corrected chi connectivity index (χ1v) is 13.8. The molecule has 6 atom stereocenters. The lowest BCUT2D eigenvalue weighted by atomic mass is 9.83. The van der Waals surface area contributed by atoms with E-state index in [1.807, 2.05) is 4.90 Å². The largest absolute Gasteiger partial charge is 0.454 e. The highest BCUT2D eigenvalue weighted by atomic mass is 16.7. The van der Waals surface area contributed by atoms with Crippen LogP contribution in [-0.4, -0.2) is 76.2 Å². The predicted octanol–water partition coefficient (Wildman–Crippen LogP) is 2.17. The molecule has 0 spiro atoms. The monoisotopic (exact) mass is 540 g/mol. The number of primary amides is 1. The summed E-state index contributed by atoms with van der Waals surface area (Å²) in [6, 6.07) is 3.54. The third kappa shape index (κ3) is 4.76. The van der Waals surface area contributed by atoms with Gasteiger partial charge in [0.2, 0.25) is 18.6 Å². The zero-order valence-electron chi connectivity index (χ0n) is 22.6. The minimum Gasteiger partial charge on any atom is -0.454 e. The Kier molecular flexibility index (Phi) is 6.15. The van der Waals surface area contributed by atoms with Crippen molar-refractivity contribution in [3.63, 3.8) is 0 Å². The number of alkyl carbamates (subject to hydrolysis) is 1. The molecular weight excluding hydrogens is 504 g/mol. The van der Waals surface area contributed by atoms with Crippen LogP contribution in [0.1, 0.15) is 69.7 Å². The van der Waals surface area contributed by atoms with Crippen molar-refractivity contribution in [1.29, 1.82) is 0 Å². The minimum atomic E-state index is -0.869. The fraction of sp³-hybridized carbons (Fsp3) is 0.643. The molecule has 1 saturated carbocycles. The highest BCUT2D eigenvalue weighted by Gasteiger charge is 2.58. The number of rotatable bonds is 5. The number of nitrogens with two attached hydrogens (primary N) is 1. The normalized spacial score (nSPS) is 30.9.